The van der Waals surface area contributed by atoms with E-state index < -0.39 is 0 Å². The first-order chi connectivity index (χ1) is 17.4. The second-order valence-electron chi connectivity index (χ2n) is 11.8. The van der Waals surface area contributed by atoms with E-state index in [0.717, 1.165) is 31.2 Å². The van der Waals surface area contributed by atoms with E-state index in [-0.39, 0.29) is 40.4 Å². The maximum Gasteiger partial charge on any atom is 0.223 e. The molecule has 1 aromatic carbocycles. The highest BCUT2D eigenvalue weighted by Gasteiger charge is 2.27. The van der Waals surface area contributed by atoms with Gasteiger partial charge in [-0.2, -0.15) is 0 Å². The molecule has 1 aromatic rings. The monoisotopic (exact) mass is 514 g/mol. The fraction of sp³-hybridized carbons (Fsp3) is 0.633. The Bertz CT molecular complexity index is 920. The van der Waals surface area contributed by atoms with E-state index in [9.17, 15) is 14.4 Å². The zero-order valence-corrected chi connectivity index (χ0v) is 23.5. The Hall–Kier alpha value is -2.51. The van der Waals surface area contributed by atoms with Gasteiger partial charge in [-0.25, -0.2) is 0 Å². The van der Waals surface area contributed by atoms with E-state index in [2.05, 4.69) is 36.6 Å². The van der Waals surface area contributed by atoms with Crippen LogP contribution in [-0.2, 0) is 25.6 Å². The van der Waals surface area contributed by atoms with Gasteiger partial charge in [0.2, 0.25) is 11.8 Å². The van der Waals surface area contributed by atoms with Gasteiger partial charge in [0, 0.05) is 43.5 Å². The number of ketones is 1. The lowest BCUT2D eigenvalue weighted by atomic mass is 9.89. The Kier molecular flexibility index (Phi) is 12.0. The molecule has 2 amide bonds. The van der Waals surface area contributed by atoms with Gasteiger partial charge < -0.3 is 20.1 Å². The largest absolute Gasteiger partial charge is 0.380 e. The predicted molar refractivity (Wildman–Crippen MR) is 146 cm³/mol. The lowest BCUT2D eigenvalue weighted by Gasteiger charge is -2.30. The molecule has 206 valence electrons. The van der Waals surface area contributed by atoms with Crippen LogP contribution in [0.1, 0.15) is 82.6 Å². The van der Waals surface area contributed by atoms with E-state index >= 15 is 0 Å². The van der Waals surface area contributed by atoms with Crippen LogP contribution in [0, 0.1) is 16.7 Å². The average molecular weight is 515 g/mol. The van der Waals surface area contributed by atoms with Crippen LogP contribution in [0.15, 0.2) is 36.4 Å². The molecule has 1 aliphatic rings. The minimum atomic E-state index is -0.327. The molecule has 7 heteroatoms. The van der Waals surface area contributed by atoms with Crippen LogP contribution < -0.4 is 10.6 Å². The Balaban J connectivity index is 1.70. The van der Waals surface area contributed by atoms with Crippen LogP contribution in [0.5, 0.6) is 0 Å². The van der Waals surface area contributed by atoms with Crippen LogP contribution in [0.3, 0.4) is 0 Å². The number of hydrogen-bond donors (Lipinski definition) is 2. The number of allylic oxidation sites excluding steroid dienone is 1. The third kappa shape index (κ3) is 11.6. The number of benzene rings is 1. The number of methoxy groups -OCH3 is 1. The van der Waals surface area contributed by atoms with Gasteiger partial charge in [0.05, 0.1) is 19.3 Å². The van der Waals surface area contributed by atoms with Crippen LogP contribution in [-0.4, -0.2) is 50.6 Å². The normalized spacial score (nSPS) is 19.4. The fourth-order valence-corrected chi connectivity index (χ4v) is 4.34. The third-order valence-electron chi connectivity index (χ3n) is 6.72. The molecular formula is C30H46N2O5. The first-order valence-corrected chi connectivity index (χ1v) is 13.3. The number of nitrogens with one attached hydrogen (secondary N) is 2. The summed E-state index contributed by atoms with van der Waals surface area (Å²) in [5.74, 6) is 0.0896. The summed E-state index contributed by atoms with van der Waals surface area (Å²) in [5, 5.41) is 6.08. The number of carbonyl (C=O) groups excluding carboxylic acids is 3. The summed E-state index contributed by atoms with van der Waals surface area (Å²) in [7, 11) is 1.71. The topological polar surface area (TPSA) is 93.7 Å². The molecule has 2 N–H and O–H groups in total. The van der Waals surface area contributed by atoms with Crippen molar-refractivity contribution in [2.45, 2.75) is 79.4 Å². The van der Waals surface area contributed by atoms with Gasteiger partial charge in [0.25, 0.3) is 0 Å². The summed E-state index contributed by atoms with van der Waals surface area (Å²) < 4.78 is 11.5. The van der Waals surface area contributed by atoms with Crippen LogP contribution >= 0.6 is 0 Å². The number of rotatable bonds is 13. The number of amides is 2. The Morgan fingerprint density at radius 1 is 0.946 bits per heavy atom. The molecule has 0 aliphatic heterocycles. The first-order valence-electron chi connectivity index (χ1n) is 13.3. The van der Waals surface area contributed by atoms with Crippen molar-refractivity contribution in [3.05, 3.63) is 47.5 Å². The van der Waals surface area contributed by atoms with Crippen molar-refractivity contribution in [3.63, 3.8) is 0 Å². The molecular weight excluding hydrogens is 468 g/mol. The molecule has 0 saturated heterocycles. The second kappa shape index (κ2) is 14.4. The maximum absolute atomic E-state index is 12.8. The summed E-state index contributed by atoms with van der Waals surface area (Å²) in [5.41, 5.74) is 1.06. The lowest BCUT2D eigenvalue weighted by molar-refractivity contribution is -0.127. The fourth-order valence-electron chi connectivity index (χ4n) is 4.34. The van der Waals surface area contributed by atoms with Crippen molar-refractivity contribution in [2.24, 2.45) is 16.7 Å². The lowest BCUT2D eigenvalue weighted by Crippen LogP contribution is -2.40. The van der Waals surface area contributed by atoms with Crippen molar-refractivity contribution in [2.75, 3.05) is 26.9 Å². The number of ether oxygens (including phenoxy) is 2. The van der Waals surface area contributed by atoms with Crippen molar-refractivity contribution < 1.29 is 23.9 Å². The average Bonchev–Trinajstić information content (AvgIpc) is 2.81. The SMILES string of the molecule is COC1/C=C/CCC(C(=O)NCC(C)(C)COCC(C)(C)CC(=O)NCc2ccc(C(C)=O)cc2)CC1. The highest BCUT2D eigenvalue weighted by Crippen LogP contribution is 2.24. The van der Waals surface area contributed by atoms with Crippen molar-refractivity contribution in [1.82, 2.24) is 10.6 Å². The van der Waals surface area contributed by atoms with Crippen molar-refractivity contribution in [3.8, 4) is 0 Å². The number of Topliss-reactive ketones (excluding diaryl/α,β-unsaturated/α-hetero) is 1. The Labute approximate surface area is 222 Å². The molecule has 2 unspecified atom stereocenters. The minimum absolute atomic E-state index is 0.00355. The predicted octanol–water partition coefficient (Wildman–Crippen LogP) is 4.84. The van der Waals surface area contributed by atoms with E-state index in [1.807, 2.05) is 26.0 Å². The minimum Gasteiger partial charge on any atom is -0.380 e. The van der Waals surface area contributed by atoms with Crippen molar-refractivity contribution >= 4 is 17.6 Å². The quantitative estimate of drug-likeness (QED) is 0.290. The van der Waals surface area contributed by atoms with Crippen LogP contribution in [0.2, 0.25) is 0 Å². The molecule has 7 nitrogen and oxygen atoms in total. The van der Waals surface area contributed by atoms with Crippen LogP contribution in [0.25, 0.3) is 0 Å². The van der Waals surface area contributed by atoms with Gasteiger partial charge in [-0.3, -0.25) is 14.4 Å². The molecule has 0 heterocycles. The second-order valence-corrected chi connectivity index (χ2v) is 11.8. The molecule has 0 bridgehead atoms. The zero-order valence-electron chi connectivity index (χ0n) is 23.5. The van der Waals surface area contributed by atoms with Gasteiger partial charge in [0.1, 0.15) is 0 Å². The molecule has 0 saturated carbocycles. The summed E-state index contributed by atoms with van der Waals surface area (Å²) in [6, 6.07) is 7.27. The number of carbonyl (C=O) groups is 3. The Morgan fingerprint density at radius 3 is 2.27 bits per heavy atom. The van der Waals surface area contributed by atoms with Gasteiger partial charge in [-0.1, -0.05) is 64.1 Å². The van der Waals surface area contributed by atoms with Gasteiger partial charge in [-0.05, 0) is 43.6 Å². The molecule has 0 aromatic heterocycles. The summed E-state index contributed by atoms with van der Waals surface area (Å²) in [6.45, 7) is 11.6. The molecule has 1 aliphatic carbocycles. The number of hydrogen-bond acceptors (Lipinski definition) is 5. The summed E-state index contributed by atoms with van der Waals surface area (Å²) >= 11 is 0. The smallest absolute Gasteiger partial charge is 0.223 e. The van der Waals surface area contributed by atoms with Crippen LogP contribution in [0.4, 0.5) is 0 Å². The van der Waals surface area contributed by atoms with Gasteiger partial charge in [-0.15, -0.1) is 0 Å². The standard InChI is InChI=1S/C30H46N2O5/c1-22(33)24-13-11-23(12-14-24)18-31-27(34)17-29(2,3)20-37-21-30(4,5)19-32-28(35)25-9-7-8-10-26(36-6)16-15-25/h8,10-14,25-26H,7,9,15-21H2,1-6H3,(H,31,34)(H,32,35)/b10-8+. The molecule has 0 spiro atoms. The Morgan fingerprint density at radius 2 is 1.62 bits per heavy atom. The van der Waals surface area contributed by atoms with Gasteiger partial charge in [0.15, 0.2) is 5.78 Å². The molecule has 0 radical (unpaired) electrons. The molecule has 0 fully saturated rings. The molecule has 2 rings (SSSR count). The van der Waals surface area contributed by atoms with E-state index in [4.69, 9.17) is 9.47 Å². The molecule has 37 heavy (non-hydrogen) atoms. The third-order valence-corrected chi connectivity index (χ3v) is 6.72. The highest BCUT2D eigenvalue weighted by atomic mass is 16.5. The first kappa shape index (κ1) is 30.7. The molecule has 2 atom stereocenters. The summed E-state index contributed by atoms with van der Waals surface area (Å²) in [6.07, 6.45) is 8.06. The zero-order chi connectivity index (χ0) is 27.5. The highest BCUT2D eigenvalue weighted by molar-refractivity contribution is 5.94. The van der Waals surface area contributed by atoms with E-state index in [1.54, 1.807) is 19.2 Å². The van der Waals surface area contributed by atoms with E-state index in [1.165, 1.54) is 6.92 Å². The summed E-state index contributed by atoms with van der Waals surface area (Å²) in [4.78, 5) is 36.7. The van der Waals surface area contributed by atoms with Gasteiger partial charge >= 0.3 is 0 Å². The van der Waals surface area contributed by atoms with Crippen molar-refractivity contribution in [1.29, 1.82) is 0 Å². The maximum atomic E-state index is 12.8. The van der Waals surface area contributed by atoms with E-state index in [0.29, 0.717) is 38.3 Å².